The van der Waals surface area contributed by atoms with Crippen LogP contribution < -0.4 is 0 Å². The van der Waals surface area contributed by atoms with Gasteiger partial charge in [0.05, 0.1) is 0 Å². The normalized spacial score (nSPS) is 29.5. The quantitative estimate of drug-likeness (QED) is 0.626. The summed E-state index contributed by atoms with van der Waals surface area (Å²) in [5.41, 5.74) is 0. The molecule has 1 aliphatic heterocycles. The number of carbonyl (C=O) groups excluding carboxylic acids is 1. The van der Waals surface area contributed by atoms with Crippen LogP contribution >= 0.6 is 23.2 Å². The molecule has 2 nitrogen and oxygen atoms in total. The molecule has 76 valence electrons. The zero-order chi connectivity index (χ0) is 10.2. The summed E-state index contributed by atoms with van der Waals surface area (Å²) in [6.45, 7) is 6.47. The van der Waals surface area contributed by atoms with Crippen LogP contribution in [0.15, 0.2) is 0 Å². The van der Waals surface area contributed by atoms with E-state index in [9.17, 15) is 4.79 Å². The molecule has 0 radical (unpaired) electrons. The highest BCUT2D eigenvalue weighted by Gasteiger charge is 2.38. The van der Waals surface area contributed by atoms with Crippen LogP contribution in [0.3, 0.4) is 0 Å². The number of carbonyl (C=O) groups is 1. The smallest absolute Gasteiger partial charge is 0.258 e. The number of halogens is 2. The Morgan fingerprint density at radius 1 is 1.46 bits per heavy atom. The monoisotopic (exact) mass is 223 g/mol. The highest BCUT2D eigenvalue weighted by molar-refractivity contribution is 6.57. The number of hydrogen-bond acceptors (Lipinski definition) is 1. The Morgan fingerprint density at radius 3 is 2.31 bits per heavy atom. The van der Waals surface area contributed by atoms with Crippen molar-refractivity contribution >= 4 is 29.1 Å². The van der Waals surface area contributed by atoms with Gasteiger partial charge in [0.1, 0.15) is 0 Å². The van der Waals surface area contributed by atoms with E-state index in [1.165, 1.54) is 6.92 Å². The van der Waals surface area contributed by atoms with E-state index < -0.39 is 4.33 Å². The van der Waals surface area contributed by atoms with E-state index in [0.29, 0.717) is 5.92 Å². The maximum atomic E-state index is 11.7. The first-order valence-electron chi connectivity index (χ1n) is 4.53. The van der Waals surface area contributed by atoms with Crippen LogP contribution in [-0.4, -0.2) is 27.7 Å². The average molecular weight is 224 g/mol. The van der Waals surface area contributed by atoms with Crippen LogP contribution in [0.1, 0.15) is 27.2 Å². The maximum Gasteiger partial charge on any atom is 0.258 e. The van der Waals surface area contributed by atoms with Gasteiger partial charge < -0.3 is 4.90 Å². The molecule has 0 saturated carbocycles. The summed E-state index contributed by atoms with van der Waals surface area (Å²) >= 11 is 11.5. The third-order valence-electron chi connectivity index (χ3n) is 2.78. The highest BCUT2D eigenvalue weighted by atomic mass is 35.5. The fraction of sp³-hybridized carbons (Fsp3) is 0.889. The van der Waals surface area contributed by atoms with E-state index in [4.69, 9.17) is 23.2 Å². The van der Waals surface area contributed by atoms with Crippen LogP contribution in [-0.2, 0) is 4.79 Å². The Bertz CT molecular complexity index is 212. The van der Waals surface area contributed by atoms with Gasteiger partial charge in [-0.2, -0.15) is 0 Å². The summed E-state index contributed by atoms with van der Waals surface area (Å²) in [5.74, 6) is 0.368. The average Bonchev–Trinajstić information content (AvgIpc) is 2.30. The molecule has 4 heteroatoms. The summed E-state index contributed by atoms with van der Waals surface area (Å²) in [4.78, 5) is 13.5. The molecule has 0 aromatic rings. The lowest BCUT2D eigenvalue weighted by atomic mass is 10.1. The van der Waals surface area contributed by atoms with Gasteiger partial charge in [-0.05, 0) is 26.2 Å². The van der Waals surface area contributed by atoms with Crippen LogP contribution in [0, 0.1) is 5.92 Å². The molecular formula is C9H15Cl2NO. The Morgan fingerprint density at radius 2 is 2.00 bits per heavy atom. The molecule has 1 saturated heterocycles. The number of likely N-dealkylation sites (tertiary alicyclic amines) is 1. The van der Waals surface area contributed by atoms with E-state index in [1.807, 2.05) is 6.92 Å². The Kier molecular flexibility index (Phi) is 3.13. The van der Waals surface area contributed by atoms with Gasteiger partial charge >= 0.3 is 0 Å². The molecule has 0 spiro atoms. The predicted molar refractivity (Wildman–Crippen MR) is 55.1 cm³/mol. The molecule has 1 aliphatic rings. The van der Waals surface area contributed by atoms with Gasteiger partial charge in [0.2, 0.25) is 0 Å². The van der Waals surface area contributed by atoms with Gasteiger partial charge in [0.25, 0.3) is 5.91 Å². The SMILES string of the molecule is CC1CCN(C(=O)C(C)(Cl)Cl)C1C. The second-order valence-corrected chi connectivity index (χ2v) is 5.60. The molecule has 1 rings (SSSR count). The molecule has 2 atom stereocenters. The van der Waals surface area contributed by atoms with Crippen molar-refractivity contribution in [3.63, 3.8) is 0 Å². The number of nitrogens with zero attached hydrogens (tertiary/aromatic N) is 1. The lowest BCUT2D eigenvalue weighted by Gasteiger charge is -2.27. The van der Waals surface area contributed by atoms with Crippen LogP contribution in [0.25, 0.3) is 0 Å². The van der Waals surface area contributed by atoms with Gasteiger partial charge in [-0.1, -0.05) is 30.1 Å². The summed E-state index contributed by atoms with van der Waals surface area (Å²) in [6, 6.07) is 0.254. The molecule has 0 aromatic heterocycles. The first-order valence-corrected chi connectivity index (χ1v) is 5.28. The van der Waals surface area contributed by atoms with Crippen molar-refractivity contribution < 1.29 is 4.79 Å². The lowest BCUT2D eigenvalue weighted by molar-refractivity contribution is -0.132. The molecule has 1 fully saturated rings. The summed E-state index contributed by atoms with van der Waals surface area (Å²) < 4.78 is -1.28. The molecule has 13 heavy (non-hydrogen) atoms. The maximum absolute atomic E-state index is 11.7. The minimum absolute atomic E-state index is 0.173. The number of hydrogen-bond donors (Lipinski definition) is 0. The van der Waals surface area contributed by atoms with Gasteiger partial charge in [0, 0.05) is 12.6 Å². The second kappa shape index (κ2) is 3.66. The van der Waals surface area contributed by atoms with Crippen molar-refractivity contribution in [3.05, 3.63) is 0 Å². The molecular weight excluding hydrogens is 209 g/mol. The third kappa shape index (κ3) is 2.29. The van der Waals surface area contributed by atoms with Crippen molar-refractivity contribution in [2.75, 3.05) is 6.54 Å². The van der Waals surface area contributed by atoms with Gasteiger partial charge in [-0.15, -0.1) is 0 Å². The molecule has 0 aromatic carbocycles. The van der Waals surface area contributed by atoms with Crippen molar-refractivity contribution in [1.29, 1.82) is 0 Å². The second-order valence-electron chi connectivity index (χ2n) is 3.89. The van der Waals surface area contributed by atoms with E-state index >= 15 is 0 Å². The molecule has 0 bridgehead atoms. The molecule has 0 aliphatic carbocycles. The fourth-order valence-corrected chi connectivity index (χ4v) is 1.85. The fourth-order valence-electron chi connectivity index (χ4n) is 1.63. The van der Waals surface area contributed by atoms with E-state index in [0.717, 1.165) is 13.0 Å². The Labute approximate surface area is 89.2 Å². The van der Waals surface area contributed by atoms with Crippen LogP contribution in [0.5, 0.6) is 0 Å². The molecule has 1 heterocycles. The number of alkyl halides is 2. The zero-order valence-electron chi connectivity index (χ0n) is 8.18. The highest BCUT2D eigenvalue weighted by Crippen LogP contribution is 2.30. The van der Waals surface area contributed by atoms with Gasteiger partial charge in [-0.25, -0.2) is 0 Å². The summed E-state index contributed by atoms with van der Waals surface area (Å²) in [5, 5.41) is 0. The number of rotatable bonds is 1. The topological polar surface area (TPSA) is 20.3 Å². The van der Waals surface area contributed by atoms with E-state index in [2.05, 4.69) is 6.92 Å². The predicted octanol–water partition coefficient (Wildman–Crippen LogP) is 2.44. The van der Waals surface area contributed by atoms with Crippen molar-refractivity contribution in [2.45, 2.75) is 37.6 Å². The van der Waals surface area contributed by atoms with Crippen molar-refractivity contribution in [2.24, 2.45) is 5.92 Å². The van der Waals surface area contributed by atoms with E-state index in [-0.39, 0.29) is 11.9 Å². The van der Waals surface area contributed by atoms with Crippen LogP contribution in [0.2, 0.25) is 0 Å². The van der Waals surface area contributed by atoms with Crippen molar-refractivity contribution in [3.8, 4) is 0 Å². The van der Waals surface area contributed by atoms with Crippen molar-refractivity contribution in [1.82, 2.24) is 4.90 Å². The molecule has 0 N–H and O–H groups in total. The zero-order valence-corrected chi connectivity index (χ0v) is 9.69. The Hall–Kier alpha value is 0.0500. The first kappa shape index (κ1) is 11.1. The summed E-state index contributed by atoms with van der Waals surface area (Å²) in [6.07, 6.45) is 1.04. The standard InChI is InChI=1S/C9H15Cl2NO/c1-6-4-5-12(7(6)2)8(13)9(3,10)11/h6-7H,4-5H2,1-3H3. The first-order chi connectivity index (χ1) is 5.84. The van der Waals surface area contributed by atoms with Crippen LogP contribution in [0.4, 0.5) is 0 Å². The minimum Gasteiger partial charge on any atom is -0.337 e. The number of amides is 1. The minimum atomic E-state index is -1.28. The molecule has 1 amide bonds. The summed E-state index contributed by atoms with van der Waals surface area (Å²) in [7, 11) is 0. The Balaban J connectivity index is 2.69. The van der Waals surface area contributed by atoms with Gasteiger partial charge in [-0.3, -0.25) is 4.79 Å². The lowest BCUT2D eigenvalue weighted by Crippen LogP contribution is -2.43. The molecule has 2 unspecified atom stereocenters. The third-order valence-corrected chi connectivity index (χ3v) is 3.10. The van der Waals surface area contributed by atoms with E-state index in [1.54, 1.807) is 4.90 Å². The largest absolute Gasteiger partial charge is 0.337 e. The van der Waals surface area contributed by atoms with Gasteiger partial charge in [0.15, 0.2) is 4.33 Å².